The van der Waals surface area contributed by atoms with Crippen LogP contribution < -0.4 is 4.90 Å². The molecule has 2 aliphatic rings. The molecule has 0 radical (unpaired) electrons. The highest BCUT2D eigenvalue weighted by Gasteiger charge is 2.31. The maximum atomic E-state index is 12.4. The van der Waals surface area contributed by atoms with Gasteiger partial charge in [-0.1, -0.05) is 37.3 Å². The van der Waals surface area contributed by atoms with E-state index in [1.54, 1.807) is 11.0 Å². The topological polar surface area (TPSA) is 45.9 Å². The van der Waals surface area contributed by atoms with Crippen molar-refractivity contribution >= 4 is 46.2 Å². The first-order valence-electron chi connectivity index (χ1n) is 7.87. The Morgan fingerprint density at radius 2 is 2.13 bits per heavy atom. The predicted molar refractivity (Wildman–Crippen MR) is 96.5 cm³/mol. The molecule has 2 saturated heterocycles. The zero-order valence-corrected chi connectivity index (χ0v) is 14.8. The van der Waals surface area contributed by atoms with Gasteiger partial charge in [0.05, 0.1) is 18.1 Å². The molecule has 0 spiro atoms. The molecule has 23 heavy (non-hydrogen) atoms. The number of thiocarbonyl (C=S) groups is 1. The summed E-state index contributed by atoms with van der Waals surface area (Å²) in [6.45, 7) is 5.87. The van der Waals surface area contributed by atoms with E-state index in [1.165, 1.54) is 11.8 Å². The number of ether oxygens (including phenoxy) is 1. The van der Waals surface area contributed by atoms with E-state index in [0.717, 1.165) is 31.8 Å². The van der Waals surface area contributed by atoms with Gasteiger partial charge in [-0.3, -0.25) is 9.69 Å². The van der Waals surface area contributed by atoms with Crippen LogP contribution in [0.2, 0.25) is 0 Å². The van der Waals surface area contributed by atoms with Crippen LogP contribution in [-0.2, 0) is 9.53 Å². The predicted octanol–water partition coefficient (Wildman–Crippen LogP) is 3.12. The number of unbranched alkanes of at least 4 members (excludes halogenated alkanes) is 1. The molecular weight excluding hydrogens is 332 g/mol. The molecule has 0 bridgehead atoms. The van der Waals surface area contributed by atoms with E-state index in [4.69, 9.17) is 21.4 Å². The van der Waals surface area contributed by atoms with Crippen LogP contribution in [0.25, 0.3) is 6.08 Å². The molecule has 1 aromatic rings. The van der Waals surface area contributed by atoms with Crippen molar-refractivity contribution in [1.82, 2.24) is 4.90 Å². The summed E-state index contributed by atoms with van der Waals surface area (Å²) in [7, 11) is 0. The van der Waals surface area contributed by atoms with Crippen molar-refractivity contribution in [1.29, 1.82) is 0 Å². The molecule has 2 aliphatic heterocycles. The van der Waals surface area contributed by atoms with E-state index >= 15 is 0 Å². The minimum atomic E-state index is -0.0160. The lowest BCUT2D eigenvalue weighted by molar-refractivity contribution is -0.122. The maximum Gasteiger partial charge on any atom is 0.266 e. The second-order valence-electron chi connectivity index (χ2n) is 5.46. The second kappa shape index (κ2) is 7.51. The van der Waals surface area contributed by atoms with Crippen LogP contribution >= 0.6 is 24.0 Å². The molecule has 0 N–H and O–H groups in total. The minimum absolute atomic E-state index is 0.0160. The number of hydrogen-bond donors (Lipinski definition) is 0. The van der Waals surface area contributed by atoms with Gasteiger partial charge in [-0.25, -0.2) is 0 Å². The van der Waals surface area contributed by atoms with Gasteiger partial charge >= 0.3 is 0 Å². The lowest BCUT2D eigenvalue weighted by Crippen LogP contribution is -2.35. The number of rotatable bonds is 5. The standard InChI is InChI=1S/C16H20N2O3S2/c1-2-3-6-18-15(19)13(23-16(18)22)11-12-4-5-14(21-12)17-7-9-20-10-8-17/h4-5,11H,2-3,6-10H2,1H3/b13-11-. The summed E-state index contributed by atoms with van der Waals surface area (Å²) in [5.74, 6) is 1.49. The largest absolute Gasteiger partial charge is 0.441 e. The van der Waals surface area contributed by atoms with Gasteiger partial charge in [0.2, 0.25) is 0 Å². The number of amides is 1. The Labute approximate surface area is 145 Å². The summed E-state index contributed by atoms with van der Waals surface area (Å²) in [6.07, 6.45) is 3.79. The first kappa shape index (κ1) is 16.5. The SMILES string of the molecule is CCCCN1C(=O)/C(=C/c2ccc(N3CCOCC3)o2)SC1=S. The van der Waals surface area contributed by atoms with Crippen molar-refractivity contribution in [3.05, 3.63) is 22.8 Å². The lowest BCUT2D eigenvalue weighted by Gasteiger charge is -2.26. The van der Waals surface area contributed by atoms with Gasteiger partial charge in [-0.05, 0) is 12.5 Å². The molecule has 0 atom stereocenters. The van der Waals surface area contributed by atoms with E-state index in [2.05, 4.69) is 11.8 Å². The molecule has 0 unspecified atom stereocenters. The number of carbonyl (C=O) groups excluding carboxylic acids is 1. The van der Waals surface area contributed by atoms with Crippen molar-refractivity contribution in [2.75, 3.05) is 37.7 Å². The molecule has 7 heteroatoms. The van der Waals surface area contributed by atoms with Crippen molar-refractivity contribution in [2.45, 2.75) is 19.8 Å². The molecule has 3 rings (SSSR count). The van der Waals surface area contributed by atoms with Crippen LogP contribution in [0.1, 0.15) is 25.5 Å². The average molecular weight is 352 g/mol. The lowest BCUT2D eigenvalue weighted by atomic mass is 10.3. The van der Waals surface area contributed by atoms with Crippen LogP contribution in [0.15, 0.2) is 21.5 Å². The number of furan rings is 1. The Hall–Kier alpha value is -1.31. The number of nitrogens with zero attached hydrogens (tertiary/aromatic N) is 2. The molecule has 0 saturated carbocycles. The summed E-state index contributed by atoms with van der Waals surface area (Å²) in [5, 5.41) is 0. The summed E-state index contributed by atoms with van der Waals surface area (Å²) < 4.78 is 11.8. The van der Waals surface area contributed by atoms with Gasteiger partial charge < -0.3 is 14.1 Å². The molecule has 0 aromatic carbocycles. The number of thioether (sulfide) groups is 1. The fourth-order valence-electron chi connectivity index (χ4n) is 2.51. The molecule has 1 aromatic heterocycles. The Morgan fingerprint density at radius 1 is 1.35 bits per heavy atom. The first-order chi connectivity index (χ1) is 11.2. The molecule has 1 amide bonds. The van der Waals surface area contributed by atoms with Gasteiger partial charge in [0.1, 0.15) is 10.1 Å². The summed E-state index contributed by atoms with van der Waals surface area (Å²) in [5.41, 5.74) is 0. The summed E-state index contributed by atoms with van der Waals surface area (Å²) in [4.78, 5) is 16.9. The van der Waals surface area contributed by atoms with Gasteiger partial charge in [-0.15, -0.1) is 0 Å². The van der Waals surface area contributed by atoms with Crippen molar-refractivity contribution in [2.24, 2.45) is 0 Å². The fourth-order valence-corrected chi connectivity index (χ4v) is 3.80. The molecule has 0 aliphatic carbocycles. The zero-order valence-electron chi connectivity index (χ0n) is 13.1. The average Bonchev–Trinajstić information content (AvgIpc) is 3.13. The van der Waals surface area contributed by atoms with Crippen LogP contribution in [0.3, 0.4) is 0 Å². The number of carbonyl (C=O) groups is 1. The third kappa shape index (κ3) is 3.79. The molecule has 124 valence electrons. The smallest absolute Gasteiger partial charge is 0.266 e. The Kier molecular flexibility index (Phi) is 5.40. The van der Waals surface area contributed by atoms with E-state index in [9.17, 15) is 4.79 Å². The third-order valence-electron chi connectivity index (χ3n) is 3.82. The van der Waals surface area contributed by atoms with Crippen molar-refractivity contribution < 1.29 is 13.9 Å². The monoisotopic (exact) mass is 352 g/mol. The van der Waals surface area contributed by atoms with Gasteiger partial charge in [0.25, 0.3) is 5.91 Å². The zero-order chi connectivity index (χ0) is 16.2. The fraction of sp³-hybridized carbons (Fsp3) is 0.500. The van der Waals surface area contributed by atoms with Crippen LogP contribution in [0, 0.1) is 0 Å². The third-order valence-corrected chi connectivity index (χ3v) is 5.20. The highest BCUT2D eigenvalue weighted by molar-refractivity contribution is 8.26. The van der Waals surface area contributed by atoms with E-state index in [1.807, 2.05) is 12.1 Å². The quantitative estimate of drug-likeness (QED) is 0.599. The van der Waals surface area contributed by atoms with E-state index in [0.29, 0.717) is 34.7 Å². The number of anilines is 1. The molecular formula is C16H20N2O3S2. The number of hydrogen-bond acceptors (Lipinski definition) is 6. The van der Waals surface area contributed by atoms with E-state index in [-0.39, 0.29) is 5.91 Å². The van der Waals surface area contributed by atoms with Crippen LogP contribution in [0.4, 0.5) is 5.88 Å². The highest BCUT2D eigenvalue weighted by Crippen LogP contribution is 2.33. The first-order valence-corrected chi connectivity index (χ1v) is 9.09. The van der Waals surface area contributed by atoms with Gasteiger partial charge in [-0.2, -0.15) is 0 Å². The van der Waals surface area contributed by atoms with Crippen LogP contribution in [-0.4, -0.2) is 48.0 Å². The van der Waals surface area contributed by atoms with E-state index < -0.39 is 0 Å². The Balaban J connectivity index is 1.70. The second-order valence-corrected chi connectivity index (χ2v) is 7.14. The Morgan fingerprint density at radius 3 is 2.87 bits per heavy atom. The van der Waals surface area contributed by atoms with Crippen molar-refractivity contribution in [3.8, 4) is 0 Å². The number of morpholine rings is 1. The molecule has 3 heterocycles. The molecule has 2 fully saturated rings. The minimum Gasteiger partial charge on any atom is -0.441 e. The molecule has 5 nitrogen and oxygen atoms in total. The summed E-state index contributed by atoms with van der Waals surface area (Å²) >= 11 is 6.65. The normalized spacial score (nSPS) is 20.8. The van der Waals surface area contributed by atoms with Crippen molar-refractivity contribution in [3.63, 3.8) is 0 Å². The van der Waals surface area contributed by atoms with Gasteiger partial charge in [0.15, 0.2) is 5.88 Å². The maximum absolute atomic E-state index is 12.4. The van der Waals surface area contributed by atoms with Gasteiger partial charge in [0, 0.05) is 31.8 Å². The summed E-state index contributed by atoms with van der Waals surface area (Å²) in [6, 6.07) is 3.83. The highest BCUT2D eigenvalue weighted by atomic mass is 32.2. The van der Waals surface area contributed by atoms with Crippen LogP contribution in [0.5, 0.6) is 0 Å². The Bertz CT molecular complexity index is 621.